The number of benzene rings is 1. The van der Waals surface area contributed by atoms with Crippen LogP contribution >= 0.6 is 11.8 Å². The molecule has 0 aliphatic carbocycles. The van der Waals surface area contributed by atoms with Gasteiger partial charge in [0.15, 0.2) is 0 Å². The Bertz CT molecular complexity index is 369. The molecule has 2 atom stereocenters. The first-order valence-electron chi connectivity index (χ1n) is 7.24. The van der Waals surface area contributed by atoms with Crippen molar-refractivity contribution in [2.24, 2.45) is 0 Å². The molecule has 0 amide bonds. The van der Waals surface area contributed by atoms with Crippen molar-refractivity contribution in [3.63, 3.8) is 0 Å². The molecular formula is C16H27FN2S. The molecule has 0 saturated heterocycles. The summed E-state index contributed by atoms with van der Waals surface area (Å²) in [6.45, 7) is 3.29. The van der Waals surface area contributed by atoms with Crippen LogP contribution in [0.4, 0.5) is 4.39 Å². The third kappa shape index (κ3) is 5.43. The lowest BCUT2D eigenvalue weighted by atomic mass is 10.0. The molecule has 0 saturated carbocycles. The monoisotopic (exact) mass is 298 g/mol. The van der Waals surface area contributed by atoms with Gasteiger partial charge in [0, 0.05) is 17.8 Å². The smallest absolute Gasteiger partial charge is 0.123 e. The van der Waals surface area contributed by atoms with Crippen molar-refractivity contribution in [3.05, 3.63) is 35.6 Å². The van der Waals surface area contributed by atoms with E-state index in [1.54, 1.807) is 0 Å². The van der Waals surface area contributed by atoms with Gasteiger partial charge in [-0.15, -0.1) is 0 Å². The summed E-state index contributed by atoms with van der Waals surface area (Å²) in [6, 6.07) is 7.73. The van der Waals surface area contributed by atoms with Gasteiger partial charge < -0.3 is 10.2 Å². The van der Waals surface area contributed by atoms with Gasteiger partial charge in [-0.1, -0.05) is 19.1 Å². The van der Waals surface area contributed by atoms with Crippen LogP contribution < -0.4 is 5.32 Å². The predicted molar refractivity (Wildman–Crippen MR) is 87.9 cm³/mol. The average molecular weight is 298 g/mol. The summed E-state index contributed by atoms with van der Waals surface area (Å²) in [4.78, 5) is 2.43. The molecule has 0 bridgehead atoms. The highest BCUT2D eigenvalue weighted by molar-refractivity contribution is 7.98. The van der Waals surface area contributed by atoms with E-state index in [4.69, 9.17) is 0 Å². The van der Waals surface area contributed by atoms with E-state index in [1.165, 1.54) is 24.3 Å². The maximum absolute atomic E-state index is 13.0. The molecule has 4 heteroatoms. The van der Waals surface area contributed by atoms with Gasteiger partial charge >= 0.3 is 0 Å². The minimum atomic E-state index is -0.174. The molecule has 0 aromatic heterocycles. The van der Waals surface area contributed by atoms with Crippen LogP contribution in [0.1, 0.15) is 31.4 Å². The van der Waals surface area contributed by atoms with E-state index in [2.05, 4.69) is 30.4 Å². The lowest BCUT2D eigenvalue weighted by Crippen LogP contribution is -2.35. The lowest BCUT2D eigenvalue weighted by molar-refractivity contribution is 0.242. The zero-order chi connectivity index (χ0) is 15.0. The molecular weight excluding hydrogens is 271 g/mol. The first kappa shape index (κ1) is 17.5. The van der Waals surface area contributed by atoms with Gasteiger partial charge in [-0.25, -0.2) is 4.39 Å². The van der Waals surface area contributed by atoms with Crippen molar-refractivity contribution in [3.8, 4) is 0 Å². The summed E-state index contributed by atoms with van der Waals surface area (Å²) in [6.07, 6.45) is 4.37. The number of thioether (sulfide) groups is 1. The minimum absolute atomic E-state index is 0.174. The zero-order valence-electron chi connectivity index (χ0n) is 13.0. The van der Waals surface area contributed by atoms with E-state index >= 15 is 0 Å². The summed E-state index contributed by atoms with van der Waals surface area (Å²) >= 11 is 1.90. The first-order valence-corrected chi connectivity index (χ1v) is 8.63. The molecule has 0 fully saturated rings. The van der Waals surface area contributed by atoms with Crippen LogP contribution in [0.2, 0.25) is 0 Å². The molecule has 1 N–H and O–H groups in total. The fourth-order valence-corrected chi connectivity index (χ4v) is 3.31. The number of nitrogens with one attached hydrogen (secondary N) is 1. The molecule has 1 aromatic carbocycles. The lowest BCUT2D eigenvalue weighted by Gasteiger charge is -2.28. The van der Waals surface area contributed by atoms with Crippen molar-refractivity contribution in [2.45, 2.75) is 31.8 Å². The summed E-state index contributed by atoms with van der Waals surface area (Å²) in [5.41, 5.74) is 1.15. The number of rotatable bonds is 9. The Hall–Kier alpha value is -0.580. The van der Waals surface area contributed by atoms with Gasteiger partial charge in [0.05, 0.1) is 0 Å². The SMILES string of the molecule is CCC(CSC)N(C)CCC(NC)c1ccc(F)cc1. The number of hydrogen-bond donors (Lipinski definition) is 1. The van der Waals surface area contributed by atoms with Crippen LogP contribution in [-0.4, -0.2) is 43.6 Å². The van der Waals surface area contributed by atoms with E-state index in [-0.39, 0.29) is 11.9 Å². The molecule has 0 heterocycles. The predicted octanol–water partition coefficient (Wildman–Crippen LogP) is 3.55. The molecule has 1 aromatic rings. The van der Waals surface area contributed by atoms with Gasteiger partial charge in [0.1, 0.15) is 5.82 Å². The molecule has 0 radical (unpaired) electrons. The second kappa shape index (κ2) is 9.37. The first-order chi connectivity index (χ1) is 9.62. The molecule has 114 valence electrons. The van der Waals surface area contributed by atoms with Crippen molar-refractivity contribution in [2.75, 3.05) is 32.6 Å². The van der Waals surface area contributed by atoms with Crippen molar-refractivity contribution in [1.29, 1.82) is 0 Å². The molecule has 2 unspecified atom stereocenters. The third-order valence-corrected chi connectivity index (χ3v) is 4.56. The second-order valence-corrected chi connectivity index (χ2v) is 6.09. The van der Waals surface area contributed by atoms with Gasteiger partial charge in [-0.2, -0.15) is 11.8 Å². The summed E-state index contributed by atoms with van der Waals surface area (Å²) in [7, 11) is 4.16. The molecule has 0 aliphatic rings. The Balaban J connectivity index is 2.54. The van der Waals surface area contributed by atoms with Crippen molar-refractivity contribution in [1.82, 2.24) is 10.2 Å². The normalized spacial score (nSPS) is 14.5. The van der Waals surface area contributed by atoms with E-state index in [0.717, 1.165) is 18.5 Å². The number of halogens is 1. The Morgan fingerprint density at radius 1 is 1.30 bits per heavy atom. The quantitative estimate of drug-likeness (QED) is 0.750. The third-order valence-electron chi connectivity index (χ3n) is 3.84. The highest BCUT2D eigenvalue weighted by Gasteiger charge is 2.15. The maximum atomic E-state index is 13.0. The Morgan fingerprint density at radius 3 is 2.45 bits per heavy atom. The molecule has 2 nitrogen and oxygen atoms in total. The van der Waals surface area contributed by atoms with Gasteiger partial charge in [-0.05, 0) is 57.4 Å². The minimum Gasteiger partial charge on any atom is -0.313 e. The van der Waals surface area contributed by atoms with Crippen LogP contribution in [0.25, 0.3) is 0 Å². The molecule has 0 spiro atoms. The van der Waals surface area contributed by atoms with Gasteiger partial charge in [0.25, 0.3) is 0 Å². The summed E-state index contributed by atoms with van der Waals surface area (Å²) in [5.74, 6) is 1.00. The van der Waals surface area contributed by atoms with Crippen LogP contribution in [-0.2, 0) is 0 Å². The van der Waals surface area contributed by atoms with Gasteiger partial charge in [-0.3, -0.25) is 0 Å². The second-order valence-electron chi connectivity index (χ2n) is 5.18. The van der Waals surface area contributed by atoms with Crippen molar-refractivity contribution >= 4 is 11.8 Å². The zero-order valence-corrected chi connectivity index (χ0v) is 13.8. The van der Waals surface area contributed by atoms with Crippen LogP contribution in [0.15, 0.2) is 24.3 Å². The summed E-state index contributed by atoms with van der Waals surface area (Å²) in [5, 5.41) is 3.33. The van der Waals surface area contributed by atoms with Crippen LogP contribution in [0, 0.1) is 5.82 Å². The van der Waals surface area contributed by atoms with E-state index < -0.39 is 0 Å². The van der Waals surface area contributed by atoms with Crippen molar-refractivity contribution < 1.29 is 4.39 Å². The highest BCUT2D eigenvalue weighted by Crippen LogP contribution is 2.18. The highest BCUT2D eigenvalue weighted by atomic mass is 32.2. The van der Waals surface area contributed by atoms with Gasteiger partial charge in [0.2, 0.25) is 0 Å². The Kier molecular flexibility index (Phi) is 8.19. The fourth-order valence-electron chi connectivity index (χ4n) is 2.44. The maximum Gasteiger partial charge on any atom is 0.123 e. The topological polar surface area (TPSA) is 15.3 Å². The Morgan fingerprint density at radius 2 is 1.95 bits per heavy atom. The van der Waals surface area contributed by atoms with E-state index in [0.29, 0.717) is 6.04 Å². The summed E-state index contributed by atoms with van der Waals surface area (Å²) < 4.78 is 13.0. The molecule has 20 heavy (non-hydrogen) atoms. The van der Waals surface area contributed by atoms with Crippen LogP contribution in [0.3, 0.4) is 0 Å². The number of hydrogen-bond acceptors (Lipinski definition) is 3. The standard InChI is InChI=1S/C16H27FN2S/c1-5-15(12-20-4)19(3)11-10-16(18-2)13-6-8-14(17)9-7-13/h6-9,15-16,18H,5,10-12H2,1-4H3. The number of nitrogens with zero attached hydrogens (tertiary/aromatic N) is 1. The molecule has 1 rings (SSSR count). The average Bonchev–Trinajstić information content (AvgIpc) is 2.46. The Labute approximate surface area is 127 Å². The van der Waals surface area contributed by atoms with E-state index in [9.17, 15) is 4.39 Å². The van der Waals surface area contributed by atoms with Crippen LogP contribution in [0.5, 0.6) is 0 Å². The van der Waals surface area contributed by atoms with E-state index in [1.807, 2.05) is 30.9 Å². The molecule has 0 aliphatic heterocycles. The fraction of sp³-hybridized carbons (Fsp3) is 0.625. The largest absolute Gasteiger partial charge is 0.313 e.